The molecule has 1 aliphatic heterocycles. The van der Waals surface area contributed by atoms with Gasteiger partial charge in [-0.25, -0.2) is 4.98 Å². The number of aryl methyl sites for hydroxylation is 1. The van der Waals surface area contributed by atoms with E-state index in [1.165, 1.54) is 5.56 Å². The van der Waals surface area contributed by atoms with Crippen molar-refractivity contribution in [1.29, 1.82) is 0 Å². The van der Waals surface area contributed by atoms with Gasteiger partial charge in [-0.2, -0.15) is 0 Å². The Morgan fingerprint density at radius 3 is 2.85 bits per heavy atom. The van der Waals surface area contributed by atoms with E-state index in [-0.39, 0.29) is 6.10 Å². The molecule has 0 spiro atoms. The van der Waals surface area contributed by atoms with E-state index in [0.717, 1.165) is 29.9 Å². The molecule has 0 radical (unpaired) electrons. The highest BCUT2D eigenvalue weighted by Gasteiger charge is 2.18. The summed E-state index contributed by atoms with van der Waals surface area (Å²) in [5.41, 5.74) is 3.29. The molecule has 0 bridgehead atoms. The predicted molar refractivity (Wildman–Crippen MR) is 107 cm³/mol. The Labute approximate surface area is 165 Å². The first-order valence-corrected chi connectivity index (χ1v) is 9.40. The highest BCUT2D eigenvalue weighted by atomic mass is 35.5. The molecule has 0 aliphatic carbocycles. The van der Waals surface area contributed by atoms with Gasteiger partial charge < -0.3 is 20.1 Å². The van der Waals surface area contributed by atoms with E-state index in [1.807, 2.05) is 6.07 Å². The lowest BCUT2D eigenvalue weighted by atomic mass is 10.1. The molecule has 2 N–H and O–H groups in total. The zero-order valence-electron chi connectivity index (χ0n) is 15.7. The van der Waals surface area contributed by atoms with Crippen molar-refractivity contribution in [3.63, 3.8) is 0 Å². The summed E-state index contributed by atoms with van der Waals surface area (Å²) in [7, 11) is 1.75. The molecule has 1 aliphatic rings. The Hall–Kier alpha value is -2.31. The van der Waals surface area contributed by atoms with E-state index in [1.54, 1.807) is 19.3 Å². The van der Waals surface area contributed by atoms with E-state index in [9.17, 15) is 0 Å². The number of aromatic nitrogens is 1. The number of benzene rings is 1. The van der Waals surface area contributed by atoms with Crippen LogP contribution in [0.5, 0.6) is 5.75 Å². The molecule has 2 aromatic rings. The van der Waals surface area contributed by atoms with Crippen LogP contribution in [0.25, 0.3) is 0 Å². The minimum absolute atomic E-state index is 0.125. The monoisotopic (exact) mass is 388 g/mol. The smallest absolute Gasteiger partial charge is 0.191 e. The lowest BCUT2D eigenvalue weighted by Gasteiger charge is -2.18. The van der Waals surface area contributed by atoms with Gasteiger partial charge in [0.15, 0.2) is 5.96 Å². The van der Waals surface area contributed by atoms with Crippen LogP contribution in [0.1, 0.15) is 23.1 Å². The highest BCUT2D eigenvalue weighted by Crippen LogP contribution is 2.23. The zero-order valence-corrected chi connectivity index (χ0v) is 16.4. The summed E-state index contributed by atoms with van der Waals surface area (Å²) in [6, 6.07) is 9.96. The summed E-state index contributed by atoms with van der Waals surface area (Å²) in [5.74, 6) is 1.61. The number of nitrogens with zero attached hydrogens (tertiary/aromatic N) is 2. The van der Waals surface area contributed by atoms with E-state index < -0.39 is 0 Å². The molecule has 0 saturated carbocycles. The predicted octanol–water partition coefficient (Wildman–Crippen LogP) is 3.08. The molecule has 3 rings (SSSR count). The first-order valence-electron chi connectivity index (χ1n) is 9.03. The molecule has 1 fully saturated rings. The second kappa shape index (κ2) is 9.58. The molecular formula is C20H25ClN4O2. The number of aliphatic imine (C=N–C) groups is 1. The summed E-state index contributed by atoms with van der Waals surface area (Å²) < 4.78 is 11.6. The summed E-state index contributed by atoms with van der Waals surface area (Å²) >= 11 is 5.82. The van der Waals surface area contributed by atoms with Gasteiger partial charge in [0.2, 0.25) is 0 Å². The second-order valence-electron chi connectivity index (χ2n) is 6.48. The number of hydrogen-bond donors (Lipinski definition) is 2. The van der Waals surface area contributed by atoms with Crippen LogP contribution in [0.15, 0.2) is 41.5 Å². The van der Waals surface area contributed by atoms with Crippen LogP contribution in [-0.2, 0) is 17.8 Å². The van der Waals surface area contributed by atoms with Gasteiger partial charge in [0.1, 0.15) is 17.0 Å². The van der Waals surface area contributed by atoms with Gasteiger partial charge >= 0.3 is 0 Å². The SMILES string of the molecule is CN=C(NCc1ccc(Cl)nc1)NCc1ccc(C)cc1OC1CCOC1. The summed E-state index contributed by atoms with van der Waals surface area (Å²) in [5, 5.41) is 7.09. The quantitative estimate of drug-likeness (QED) is 0.452. The van der Waals surface area contributed by atoms with E-state index >= 15 is 0 Å². The third kappa shape index (κ3) is 5.84. The average molecular weight is 389 g/mol. The largest absolute Gasteiger partial charge is 0.488 e. The minimum atomic E-state index is 0.125. The molecule has 27 heavy (non-hydrogen) atoms. The number of pyridine rings is 1. The van der Waals surface area contributed by atoms with Crippen LogP contribution in [0.2, 0.25) is 5.15 Å². The maximum absolute atomic E-state index is 6.15. The van der Waals surface area contributed by atoms with Gasteiger partial charge in [-0.05, 0) is 30.2 Å². The standard InChI is InChI=1S/C20H25ClN4O2/c1-14-3-5-16(18(9-14)27-17-7-8-26-13-17)12-25-20(22-2)24-11-15-4-6-19(21)23-10-15/h3-6,9-10,17H,7-8,11-13H2,1-2H3,(H2,22,24,25). The topological polar surface area (TPSA) is 67.8 Å². The van der Waals surface area contributed by atoms with Crippen molar-refractivity contribution in [3.8, 4) is 5.75 Å². The Balaban J connectivity index is 1.58. The lowest BCUT2D eigenvalue weighted by Crippen LogP contribution is -2.36. The van der Waals surface area contributed by atoms with Gasteiger partial charge in [0.05, 0.1) is 13.2 Å². The van der Waals surface area contributed by atoms with E-state index in [2.05, 4.69) is 45.7 Å². The van der Waals surface area contributed by atoms with Crippen LogP contribution >= 0.6 is 11.6 Å². The second-order valence-corrected chi connectivity index (χ2v) is 6.87. The summed E-state index contributed by atoms with van der Waals surface area (Å²) in [4.78, 5) is 8.36. The van der Waals surface area contributed by atoms with Crippen molar-refractivity contribution in [2.45, 2.75) is 32.5 Å². The molecule has 1 saturated heterocycles. The van der Waals surface area contributed by atoms with Gasteiger partial charge in [-0.3, -0.25) is 4.99 Å². The molecule has 2 heterocycles. The molecule has 7 heteroatoms. The van der Waals surface area contributed by atoms with Gasteiger partial charge in [-0.1, -0.05) is 29.8 Å². The number of hydrogen-bond acceptors (Lipinski definition) is 4. The molecule has 1 aromatic heterocycles. The lowest BCUT2D eigenvalue weighted by molar-refractivity contribution is 0.140. The van der Waals surface area contributed by atoms with Crippen molar-refractivity contribution in [2.75, 3.05) is 20.3 Å². The first-order chi connectivity index (χ1) is 13.1. The number of rotatable bonds is 6. The molecular weight excluding hydrogens is 364 g/mol. The zero-order chi connectivity index (χ0) is 19.1. The molecule has 1 atom stereocenters. The summed E-state index contributed by atoms with van der Waals surface area (Å²) in [6.45, 7) is 4.71. The Kier molecular flexibility index (Phi) is 6.90. The average Bonchev–Trinajstić information content (AvgIpc) is 3.18. The highest BCUT2D eigenvalue weighted by molar-refractivity contribution is 6.29. The maximum atomic E-state index is 6.15. The van der Waals surface area contributed by atoms with Crippen LogP contribution in [-0.4, -0.2) is 37.3 Å². The van der Waals surface area contributed by atoms with Gasteiger partial charge in [-0.15, -0.1) is 0 Å². The molecule has 1 unspecified atom stereocenters. The molecule has 144 valence electrons. The minimum Gasteiger partial charge on any atom is -0.488 e. The number of halogens is 1. The third-order valence-electron chi connectivity index (χ3n) is 4.32. The van der Waals surface area contributed by atoms with E-state index in [4.69, 9.17) is 21.1 Å². The summed E-state index contributed by atoms with van der Waals surface area (Å²) in [6.07, 6.45) is 2.80. The van der Waals surface area contributed by atoms with Gasteiger partial charge in [0.25, 0.3) is 0 Å². The van der Waals surface area contributed by atoms with E-state index in [0.29, 0.717) is 30.8 Å². The normalized spacial score (nSPS) is 17.0. The van der Waals surface area contributed by atoms with Crippen molar-refractivity contribution >= 4 is 17.6 Å². The first kappa shape index (κ1) is 19.5. The maximum Gasteiger partial charge on any atom is 0.191 e. The van der Waals surface area contributed by atoms with Crippen LogP contribution in [0, 0.1) is 6.92 Å². The Morgan fingerprint density at radius 2 is 2.15 bits per heavy atom. The van der Waals surface area contributed by atoms with Crippen molar-refractivity contribution in [2.24, 2.45) is 4.99 Å². The Bertz CT molecular complexity index is 774. The van der Waals surface area contributed by atoms with Crippen molar-refractivity contribution in [3.05, 3.63) is 58.4 Å². The number of nitrogens with one attached hydrogen (secondary N) is 2. The molecule has 6 nitrogen and oxygen atoms in total. The fraction of sp³-hybridized carbons (Fsp3) is 0.400. The van der Waals surface area contributed by atoms with Crippen molar-refractivity contribution in [1.82, 2.24) is 15.6 Å². The Morgan fingerprint density at radius 1 is 1.30 bits per heavy atom. The van der Waals surface area contributed by atoms with Crippen LogP contribution in [0.3, 0.4) is 0 Å². The van der Waals surface area contributed by atoms with Crippen molar-refractivity contribution < 1.29 is 9.47 Å². The number of guanidine groups is 1. The molecule has 1 aromatic carbocycles. The molecule has 0 amide bonds. The van der Waals surface area contributed by atoms with Crippen LogP contribution in [0.4, 0.5) is 0 Å². The van der Waals surface area contributed by atoms with Crippen LogP contribution < -0.4 is 15.4 Å². The third-order valence-corrected chi connectivity index (χ3v) is 4.55. The fourth-order valence-electron chi connectivity index (χ4n) is 2.80. The number of ether oxygens (including phenoxy) is 2. The fourth-order valence-corrected chi connectivity index (χ4v) is 2.91. The van der Waals surface area contributed by atoms with Gasteiger partial charge in [0, 0.05) is 38.3 Å².